The monoisotopic (exact) mass is 405 g/mol. The number of hydrogen-bond donors (Lipinski definition) is 2. The molecule has 1 atom stereocenters. The Bertz CT molecular complexity index is 928. The molecule has 3 rings (SSSR count). The second-order valence-electron chi connectivity index (χ2n) is 7.05. The van der Waals surface area contributed by atoms with Gasteiger partial charge in [-0.2, -0.15) is 4.52 Å². The number of benzene rings is 1. The van der Waals surface area contributed by atoms with E-state index in [0.717, 1.165) is 38.4 Å². The number of aromatic nitrogens is 4. The van der Waals surface area contributed by atoms with Crippen LogP contribution < -0.4 is 11.1 Å². The molecule has 4 N–H and O–H groups in total. The first-order valence-corrected chi connectivity index (χ1v) is 10.7. The van der Waals surface area contributed by atoms with Crippen LogP contribution in [0.4, 0.5) is 5.69 Å². The van der Waals surface area contributed by atoms with Gasteiger partial charge in [0.2, 0.25) is 16.7 Å². The number of carbonyl (C=O) groups excluding carboxylic acids is 1. The van der Waals surface area contributed by atoms with Crippen molar-refractivity contribution < 1.29 is 10.5 Å². The maximum Gasteiger partial charge on any atom is 0.235 e. The second-order valence-corrected chi connectivity index (χ2v) is 9.23. The molecule has 0 saturated heterocycles. The van der Waals surface area contributed by atoms with Crippen LogP contribution in [0.3, 0.4) is 0 Å². The number of para-hydroxylation sites is 1. The number of quaternary nitrogens is 1. The molecule has 0 spiro atoms. The summed E-state index contributed by atoms with van der Waals surface area (Å²) in [6.07, 6.45) is 0.930. The van der Waals surface area contributed by atoms with Crippen LogP contribution in [0.5, 0.6) is 0 Å². The molecule has 7 nitrogen and oxygen atoms in total. The molecular weight excluding hydrogens is 380 g/mol. The van der Waals surface area contributed by atoms with Gasteiger partial charge in [-0.1, -0.05) is 55.1 Å². The summed E-state index contributed by atoms with van der Waals surface area (Å²) in [6, 6.07) is 6.02. The molecule has 0 unspecified atom stereocenters. The van der Waals surface area contributed by atoms with Crippen LogP contribution in [0, 0.1) is 19.8 Å². The van der Waals surface area contributed by atoms with Crippen LogP contribution in [0.25, 0.3) is 4.96 Å². The SMILES string of the molecule is Cc1cccc(C)c1NC(=O)CSc1nn2c([C@@H]([NH3+])CC(C)C)nnc2s1. The number of fused-ring (bicyclic) bond motifs is 1. The van der Waals surface area contributed by atoms with Crippen molar-refractivity contribution in [3.8, 4) is 0 Å². The van der Waals surface area contributed by atoms with Crippen molar-refractivity contribution >= 4 is 39.7 Å². The van der Waals surface area contributed by atoms with Gasteiger partial charge in [0.1, 0.15) is 6.04 Å². The minimum absolute atomic E-state index is 0.0431. The maximum absolute atomic E-state index is 12.3. The summed E-state index contributed by atoms with van der Waals surface area (Å²) in [7, 11) is 0. The molecule has 0 aliphatic rings. The summed E-state index contributed by atoms with van der Waals surface area (Å²) < 4.78 is 2.56. The average Bonchev–Trinajstić information content (AvgIpc) is 3.15. The number of thioether (sulfide) groups is 1. The van der Waals surface area contributed by atoms with Crippen LogP contribution in [0.2, 0.25) is 0 Å². The molecule has 27 heavy (non-hydrogen) atoms. The highest BCUT2D eigenvalue weighted by molar-refractivity contribution is 8.01. The molecule has 0 fully saturated rings. The zero-order valence-corrected chi connectivity index (χ0v) is 17.7. The van der Waals surface area contributed by atoms with Gasteiger partial charge in [-0.05, 0) is 30.9 Å². The Hall–Kier alpha value is -1.97. The molecule has 0 radical (unpaired) electrons. The number of rotatable bonds is 7. The van der Waals surface area contributed by atoms with Gasteiger partial charge in [-0.15, -0.1) is 15.3 Å². The number of nitrogens with one attached hydrogen (secondary N) is 1. The smallest absolute Gasteiger partial charge is 0.235 e. The van der Waals surface area contributed by atoms with Crippen molar-refractivity contribution in [2.24, 2.45) is 5.92 Å². The Kier molecular flexibility index (Phi) is 6.13. The molecule has 3 aromatic rings. The third kappa shape index (κ3) is 4.66. The fourth-order valence-electron chi connectivity index (χ4n) is 2.92. The summed E-state index contributed by atoms with van der Waals surface area (Å²) in [5, 5.41) is 16.0. The van der Waals surface area contributed by atoms with E-state index in [1.54, 1.807) is 4.52 Å². The Balaban J connectivity index is 1.65. The van der Waals surface area contributed by atoms with Crippen LogP contribution in [-0.4, -0.2) is 31.5 Å². The first kappa shape index (κ1) is 19.8. The highest BCUT2D eigenvalue weighted by Crippen LogP contribution is 2.27. The average molecular weight is 406 g/mol. The minimum Gasteiger partial charge on any atom is -0.349 e. The number of aryl methyl sites for hydroxylation is 2. The Morgan fingerprint density at radius 2 is 2.00 bits per heavy atom. The Labute approximate surface area is 166 Å². The third-order valence-electron chi connectivity index (χ3n) is 4.19. The van der Waals surface area contributed by atoms with Gasteiger partial charge in [0.05, 0.1) is 5.75 Å². The lowest BCUT2D eigenvalue weighted by atomic mass is 10.0. The standard InChI is InChI=1S/C18H24N6OS2/c1-10(2)8-13(19)16-21-22-17-24(16)23-18(27-17)26-9-14(25)20-15-11(3)6-5-7-12(15)4/h5-7,10,13H,8-9,19H2,1-4H3,(H,20,25)/p+1/t13-/m0/s1. The first-order chi connectivity index (χ1) is 12.8. The topological polar surface area (TPSA) is 99.8 Å². The predicted octanol–water partition coefficient (Wildman–Crippen LogP) is 2.86. The van der Waals surface area contributed by atoms with Crippen molar-refractivity contribution in [3.05, 3.63) is 35.2 Å². The first-order valence-electron chi connectivity index (χ1n) is 8.89. The lowest BCUT2D eigenvalue weighted by Gasteiger charge is -2.10. The minimum atomic E-state index is -0.0431. The summed E-state index contributed by atoms with van der Waals surface area (Å²) in [5.41, 5.74) is 7.19. The number of anilines is 1. The van der Waals surface area contributed by atoms with Crippen molar-refractivity contribution in [1.82, 2.24) is 19.8 Å². The predicted molar refractivity (Wildman–Crippen MR) is 109 cm³/mol. The zero-order valence-electron chi connectivity index (χ0n) is 16.0. The van der Waals surface area contributed by atoms with E-state index in [0.29, 0.717) is 11.7 Å². The molecule has 2 heterocycles. The summed E-state index contributed by atoms with van der Waals surface area (Å²) in [6.45, 7) is 8.31. The number of hydrogen-bond acceptors (Lipinski definition) is 6. The summed E-state index contributed by atoms with van der Waals surface area (Å²) >= 11 is 2.85. The Morgan fingerprint density at radius 1 is 1.30 bits per heavy atom. The van der Waals surface area contributed by atoms with E-state index < -0.39 is 0 Å². The Morgan fingerprint density at radius 3 is 2.67 bits per heavy atom. The van der Waals surface area contributed by atoms with Crippen molar-refractivity contribution in [3.63, 3.8) is 0 Å². The fourth-order valence-corrected chi connectivity index (χ4v) is 4.60. The molecule has 144 valence electrons. The lowest BCUT2D eigenvalue weighted by Crippen LogP contribution is -2.54. The summed E-state index contributed by atoms with van der Waals surface area (Å²) in [5.74, 6) is 1.56. The van der Waals surface area contributed by atoms with Gasteiger partial charge in [0, 0.05) is 12.1 Å². The van der Waals surface area contributed by atoms with Crippen LogP contribution in [-0.2, 0) is 4.79 Å². The van der Waals surface area contributed by atoms with Gasteiger partial charge in [0.15, 0.2) is 4.34 Å². The van der Waals surface area contributed by atoms with Gasteiger partial charge in [0.25, 0.3) is 0 Å². The van der Waals surface area contributed by atoms with E-state index in [1.807, 2.05) is 32.0 Å². The van der Waals surface area contributed by atoms with Crippen molar-refractivity contribution in [2.45, 2.75) is 44.5 Å². The summed E-state index contributed by atoms with van der Waals surface area (Å²) in [4.78, 5) is 13.1. The highest BCUT2D eigenvalue weighted by atomic mass is 32.2. The lowest BCUT2D eigenvalue weighted by molar-refractivity contribution is -0.432. The molecule has 2 aromatic heterocycles. The number of amides is 1. The number of nitrogens with zero attached hydrogens (tertiary/aromatic N) is 4. The largest absolute Gasteiger partial charge is 0.349 e. The number of carbonyl (C=O) groups is 1. The van der Waals surface area contributed by atoms with E-state index >= 15 is 0 Å². The molecule has 1 aromatic carbocycles. The zero-order chi connectivity index (χ0) is 19.6. The van der Waals surface area contributed by atoms with E-state index in [2.05, 4.69) is 40.2 Å². The third-order valence-corrected chi connectivity index (χ3v) is 6.22. The van der Waals surface area contributed by atoms with E-state index in [4.69, 9.17) is 0 Å². The van der Waals surface area contributed by atoms with Crippen LogP contribution >= 0.6 is 23.1 Å². The van der Waals surface area contributed by atoms with Gasteiger partial charge in [-0.25, -0.2) is 0 Å². The molecular formula is C18H25N6OS2+. The molecule has 0 aliphatic carbocycles. The second kappa shape index (κ2) is 8.37. The molecule has 0 bridgehead atoms. The van der Waals surface area contributed by atoms with E-state index in [-0.39, 0.29) is 11.9 Å². The quantitative estimate of drug-likeness (QED) is 0.589. The fraction of sp³-hybridized carbons (Fsp3) is 0.444. The van der Waals surface area contributed by atoms with Crippen molar-refractivity contribution in [1.29, 1.82) is 0 Å². The highest BCUT2D eigenvalue weighted by Gasteiger charge is 2.21. The molecule has 0 aliphatic heterocycles. The van der Waals surface area contributed by atoms with Gasteiger partial charge >= 0.3 is 0 Å². The van der Waals surface area contributed by atoms with Gasteiger partial charge in [-0.3, -0.25) is 4.79 Å². The molecule has 0 saturated carbocycles. The van der Waals surface area contributed by atoms with Crippen molar-refractivity contribution in [2.75, 3.05) is 11.1 Å². The van der Waals surface area contributed by atoms with Gasteiger partial charge < -0.3 is 11.1 Å². The molecule has 9 heteroatoms. The van der Waals surface area contributed by atoms with Crippen LogP contribution in [0.1, 0.15) is 43.3 Å². The molecule has 1 amide bonds. The van der Waals surface area contributed by atoms with Crippen LogP contribution in [0.15, 0.2) is 22.5 Å². The normalized spacial score (nSPS) is 12.7. The van der Waals surface area contributed by atoms with E-state index in [1.165, 1.54) is 23.1 Å². The van der Waals surface area contributed by atoms with E-state index in [9.17, 15) is 4.79 Å². The maximum atomic E-state index is 12.3.